The highest BCUT2D eigenvalue weighted by molar-refractivity contribution is 8.00. The number of thioether (sulfide) groups is 1. The first-order chi connectivity index (χ1) is 11.1. The summed E-state index contributed by atoms with van der Waals surface area (Å²) in [6, 6.07) is 0.409. The second kappa shape index (κ2) is 6.06. The summed E-state index contributed by atoms with van der Waals surface area (Å²) in [5.74, 6) is 0.879. The fourth-order valence-corrected chi connectivity index (χ4v) is 5.47. The van der Waals surface area contributed by atoms with Crippen molar-refractivity contribution >= 4 is 39.2 Å². The van der Waals surface area contributed by atoms with Gasteiger partial charge in [-0.3, -0.25) is 4.79 Å². The smallest absolute Gasteiger partial charge is 0.233 e. The molecule has 2 atom stereocenters. The Morgan fingerprint density at radius 2 is 2.22 bits per heavy atom. The van der Waals surface area contributed by atoms with Crippen LogP contribution < -0.4 is 5.32 Å². The Morgan fingerprint density at radius 1 is 1.39 bits per heavy atom. The Kier molecular flexibility index (Phi) is 4.05. The van der Waals surface area contributed by atoms with Gasteiger partial charge < -0.3 is 5.32 Å². The molecule has 1 N–H and O–H groups in total. The Bertz CT molecular complexity index is 754. The summed E-state index contributed by atoms with van der Waals surface area (Å²) in [5.41, 5.74) is 1.43. The number of nitrogens with one attached hydrogen (secondary N) is 1. The van der Waals surface area contributed by atoms with Crippen LogP contribution in [0.5, 0.6) is 0 Å². The van der Waals surface area contributed by atoms with Gasteiger partial charge in [-0.1, -0.05) is 18.7 Å². The van der Waals surface area contributed by atoms with E-state index in [2.05, 4.69) is 22.2 Å². The summed E-state index contributed by atoms with van der Waals surface area (Å²) in [6.45, 7) is 4.29. The molecule has 2 aromatic rings. The highest BCUT2D eigenvalue weighted by Crippen LogP contribution is 2.41. The lowest BCUT2D eigenvalue weighted by molar-refractivity contribution is -0.120. The van der Waals surface area contributed by atoms with E-state index in [0.717, 1.165) is 41.5 Å². The number of rotatable bonds is 4. The lowest BCUT2D eigenvalue weighted by Crippen LogP contribution is -2.32. The third-order valence-corrected chi connectivity index (χ3v) is 6.90. The number of aryl methyl sites for hydroxylation is 1. The quantitative estimate of drug-likeness (QED) is 0.678. The summed E-state index contributed by atoms with van der Waals surface area (Å²) < 4.78 is 0. The van der Waals surface area contributed by atoms with E-state index in [1.807, 2.05) is 18.3 Å². The minimum absolute atomic E-state index is 0.119. The zero-order valence-electron chi connectivity index (χ0n) is 13.5. The normalized spacial score (nSPS) is 21.9. The molecular formula is C17H21N3OS2. The summed E-state index contributed by atoms with van der Waals surface area (Å²) in [5, 5.41) is 5.14. The van der Waals surface area contributed by atoms with Crippen molar-refractivity contribution in [1.82, 2.24) is 15.3 Å². The van der Waals surface area contributed by atoms with Crippen molar-refractivity contribution in [1.29, 1.82) is 0 Å². The van der Waals surface area contributed by atoms with Gasteiger partial charge in [0.15, 0.2) is 0 Å². The van der Waals surface area contributed by atoms with E-state index in [1.165, 1.54) is 22.2 Å². The van der Waals surface area contributed by atoms with Gasteiger partial charge in [0.25, 0.3) is 0 Å². The van der Waals surface area contributed by atoms with Crippen LogP contribution in [0.25, 0.3) is 10.2 Å². The molecule has 2 aliphatic rings. The van der Waals surface area contributed by atoms with E-state index in [9.17, 15) is 4.79 Å². The Morgan fingerprint density at radius 3 is 3.00 bits per heavy atom. The number of hydrogen-bond acceptors (Lipinski definition) is 5. The topological polar surface area (TPSA) is 54.9 Å². The van der Waals surface area contributed by atoms with E-state index >= 15 is 0 Å². The van der Waals surface area contributed by atoms with Crippen molar-refractivity contribution in [2.24, 2.45) is 5.92 Å². The van der Waals surface area contributed by atoms with E-state index < -0.39 is 0 Å². The van der Waals surface area contributed by atoms with Crippen LogP contribution in [-0.2, 0) is 17.6 Å². The molecule has 6 heteroatoms. The van der Waals surface area contributed by atoms with Crippen molar-refractivity contribution in [2.75, 3.05) is 0 Å². The summed E-state index contributed by atoms with van der Waals surface area (Å²) in [6.07, 6.45) is 7.38. The first-order valence-corrected chi connectivity index (χ1v) is 10.0. The van der Waals surface area contributed by atoms with Crippen molar-refractivity contribution in [3.8, 4) is 0 Å². The maximum absolute atomic E-state index is 12.2. The van der Waals surface area contributed by atoms with Gasteiger partial charge in [-0.2, -0.15) is 0 Å². The summed E-state index contributed by atoms with van der Waals surface area (Å²) in [4.78, 5) is 23.8. The molecular weight excluding hydrogens is 326 g/mol. The molecule has 1 amide bonds. The fraction of sp³-hybridized carbons (Fsp3) is 0.588. The van der Waals surface area contributed by atoms with Gasteiger partial charge in [0.05, 0.1) is 5.25 Å². The van der Waals surface area contributed by atoms with Crippen molar-refractivity contribution < 1.29 is 4.79 Å². The van der Waals surface area contributed by atoms with Crippen molar-refractivity contribution in [3.05, 3.63) is 16.8 Å². The first-order valence-electron chi connectivity index (χ1n) is 8.34. The van der Waals surface area contributed by atoms with Crippen LogP contribution in [-0.4, -0.2) is 27.2 Å². The van der Waals surface area contributed by atoms with Gasteiger partial charge in [-0.05, 0) is 50.5 Å². The molecule has 23 heavy (non-hydrogen) atoms. The highest BCUT2D eigenvalue weighted by atomic mass is 32.2. The lowest BCUT2D eigenvalue weighted by Gasteiger charge is -2.18. The molecule has 0 spiro atoms. The number of hydrogen-bond donors (Lipinski definition) is 1. The average molecular weight is 348 g/mol. The number of thiophene rings is 1. The standard InChI is InChI=1S/C17H21N3OS2/c1-9-3-6-12-13(7-9)23-17-14(12)16(18-8-19-17)22-10(2)15(21)20-11-4-5-11/h8-11H,3-7H2,1-2H3,(H,20,21)/t9-,10+/m1/s1. The minimum atomic E-state index is -0.119. The molecule has 0 aromatic carbocycles. The van der Waals surface area contributed by atoms with E-state index in [0.29, 0.717) is 6.04 Å². The molecule has 122 valence electrons. The number of nitrogens with zero attached hydrogens (tertiary/aromatic N) is 2. The molecule has 0 radical (unpaired) electrons. The fourth-order valence-electron chi connectivity index (χ4n) is 3.10. The van der Waals surface area contributed by atoms with Gasteiger partial charge in [0.1, 0.15) is 16.2 Å². The number of amides is 1. The molecule has 0 saturated heterocycles. The molecule has 2 aliphatic carbocycles. The van der Waals surface area contributed by atoms with E-state index in [1.54, 1.807) is 18.1 Å². The maximum Gasteiger partial charge on any atom is 0.233 e. The van der Waals surface area contributed by atoms with Crippen molar-refractivity contribution in [2.45, 2.75) is 62.3 Å². The van der Waals surface area contributed by atoms with Crippen molar-refractivity contribution in [3.63, 3.8) is 0 Å². The van der Waals surface area contributed by atoms with Gasteiger partial charge in [0.2, 0.25) is 5.91 Å². The number of carbonyl (C=O) groups is 1. The van der Waals surface area contributed by atoms with Gasteiger partial charge in [0, 0.05) is 16.3 Å². The molecule has 4 rings (SSSR count). The lowest BCUT2D eigenvalue weighted by atomic mass is 9.89. The second-order valence-electron chi connectivity index (χ2n) is 6.75. The predicted molar refractivity (Wildman–Crippen MR) is 95.1 cm³/mol. The molecule has 0 unspecified atom stereocenters. The SMILES string of the molecule is C[C@@H]1CCc2c(sc3ncnc(S[C@@H](C)C(=O)NC4CC4)c23)C1. The second-order valence-corrected chi connectivity index (χ2v) is 9.17. The third kappa shape index (κ3) is 3.11. The van der Waals surface area contributed by atoms with Gasteiger partial charge >= 0.3 is 0 Å². The Hall–Kier alpha value is -1.14. The van der Waals surface area contributed by atoms with Crippen LogP contribution in [0.4, 0.5) is 0 Å². The molecule has 0 bridgehead atoms. The average Bonchev–Trinajstić information content (AvgIpc) is 3.25. The largest absolute Gasteiger partial charge is 0.352 e. The van der Waals surface area contributed by atoms with Crippen LogP contribution >= 0.6 is 23.1 Å². The summed E-state index contributed by atoms with van der Waals surface area (Å²) in [7, 11) is 0. The van der Waals surface area contributed by atoms with Gasteiger partial charge in [-0.15, -0.1) is 11.3 Å². The minimum Gasteiger partial charge on any atom is -0.352 e. The van der Waals surface area contributed by atoms with E-state index in [4.69, 9.17) is 0 Å². The Labute approximate surface area is 144 Å². The molecule has 1 fully saturated rings. The van der Waals surface area contributed by atoms with Crippen LogP contribution in [0.1, 0.15) is 43.6 Å². The third-order valence-electron chi connectivity index (χ3n) is 4.64. The maximum atomic E-state index is 12.2. The Balaban J connectivity index is 1.63. The van der Waals surface area contributed by atoms with Gasteiger partial charge in [-0.25, -0.2) is 9.97 Å². The number of carbonyl (C=O) groups excluding carboxylic acids is 1. The molecule has 0 aliphatic heterocycles. The van der Waals surface area contributed by atoms with Crippen LogP contribution in [0.15, 0.2) is 11.4 Å². The molecule has 1 saturated carbocycles. The van der Waals surface area contributed by atoms with Crippen LogP contribution in [0, 0.1) is 5.92 Å². The highest BCUT2D eigenvalue weighted by Gasteiger charge is 2.28. The molecule has 2 aromatic heterocycles. The summed E-state index contributed by atoms with van der Waals surface area (Å²) >= 11 is 3.38. The molecule has 2 heterocycles. The zero-order valence-corrected chi connectivity index (χ0v) is 15.1. The van der Waals surface area contributed by atoms with Crippen LogP contribution in [0.3, 0.4) is 0 Å². The monoisotopic (exact) mass is 347 g/mol. The predicted octanol–water partition coefficient (Wildman–Crippen LogP) is 3.58. The number of aromatic nitrogens is 2. The first kappa shape index (κ1) is 15.4. The van der Waals surface area contributed by atoms with Crippen LogP contribution in [0.2, 0.25) is 0 Å². The number of fused-ring (bicyclic) bond motifs is 3. The molecule has 4 nitrogen and oxygen atoms in total. The zero-order chi connectivity index (χ0) is 16.0. The van der Waals surface area contributed by atoms with E-state index in [-0.39, 0.29) is 11.2 Å².